The van der Waals surface area contributed by atoms with Crippen LogP contribution in [-0.4, -0.2) is 32.5 Å². The number of para-hydroxylation sites is 2. The molecular formula is C26H23F3N6O3. The summed E-state index contributed by atoms with van der Waals surface area (Å²) in [5.74, 6) is 0.396. The Morgan fingerprint density at radius 3 is 2.58 bits per heavy atom. The largest absolute Gasteiger partial charge is 0.494 e. The molecule has 0 radical (unpaired) electrons. The molecule has 5 aromatic rings. The average Bonchev–Trinajstić information content (AvgIpc) is 3.48. The lowest BCUT2D eigenvalue weighted by atomic mass is 10.1. The predicted octanol–water partition coefficient (Wildman–Crippen LogP) is 4.75. The Kier molecular flexibility index (Phi) is 6.27. The van der Waals surface area contributed by atoms with Crippen LogP contribution in [0.5, 0.6) is 5.75 Å². The molecule has 5 rings (SSSR count). The zero-order valence-corrected chi connectivity index (χ0v) is 20.6. The Bertz CT molecular complexity index is 1670. The van der Waals surface area contributed by atoms with E-state index in [0.717, 1.165) is 17.1 Å². The SMILES string of the molecule is COc1ccc(-c2nc(C(=O)NCc3nc4ccccc4n3C)c([C@H](C)N)o2)c2ccc(C(F)(F)F)nc12. The van der Waals surface area contributed by atoms with Gasteiger partial charge in [0, 0.05) is 18.0 Å². The first-order chi connectivity index (χ1) is 18.1. The van der Waals surface area contributed by atoms with Crippen LogP contribution in [-0.2, 0) is 19.8 Å². The number of oxazole rings is 1. The van der Waals surface area contributed by atoms with Crippen LogP contribution in [0, 0.1) is 0 Å². The molecule has 38 heavy (non-hydrogen) atoms. The summed E-state index contributed by atoms with van der Waals surface area (Å²) in [5, 5.41) is 3.11. The van der Waals surface area contributed by atoms with Crippen molar-refractivity contribution in [3.05, 3.63) is 71.5 Å². The number of nitrogens with zero attached hydrogens (tertiary/aromatic N) is 4. The Balaban J connectivity index is 1.51. The maximum Gasteiger partial charge on any atom is 0.433 e. The van der Waals surface area contributed by atoms with Gasteiger partial charge in [-0.25, -0.2) is 15.0 Å². The van der Waals surface area contributed by atoms with Crippen LogP contribution in [0.4, 0.5) is 13.2 Å². The number of carbonyl (C=O) groups is 1. The fourth-order valence-corrected chi connectivity index (χ4v) is 4.22. The van der Waals surface area contributed by atoms with E-state index in [2.05, 4.69) is 20.3 Å². The third-order valence-electron chi connectivity index (χ3n) is 6.13. The quantitative estimate of drug-likeness (QED) is 0.329. The summed E-state index contributed by atoms with van der Waals surface area (Å²) in [6.07, 6.45) is -4.63. The second kappa shape index (κ2) is 9.45. The molecule has 3 aromatic heterocycles. The molecule has 196 valence electrons. The van der Waals surface area contributed by atoms with Crippen LogP contribution >= 0.6 is 0 Å². The lowest BCUT2D eigenvalue weighted by Gasteiger charge is -2.11. The number of hydrogen-bond donors (Lipinski definition) is 2. The second-order valence-electron chi connectivity index (χ2n) is 8.68. The molecular weight excluding hydrogens is 501 g/mol. The van der Waals surface area contributed by atoms with E-state index in [1.54, 1.807) is 13.0 Å². The molecule has 3 heterocycles. The third-order valence-corrected chi connectivity index (χ3v) is 6.13. The molecule has 0 aliphatic rings. The number of ether oxygens (including phenoxy) is 1. The molecule has 3 N–H and O–H groups in total. The molecule has 0 unspecified atom stereocenters. The lowest BCUT2D eigenvalue weighted by molar-refractivity contribution is -0.140. The number of aromatic nitrogens is 4. The van der Waals surface area contributed by atoms with Crippen LogP contribution in [0.25, 0.3) is 33.4 Å². The monoisotopic (exact) mass is 524 g/mol. The van der Waals surface area contributed by atoms with Gasteiger partial charge in [-0.2, -0.15) is 13.2 Å². The number of pyridine rings is 1. The van der Waals surface area contributed by atoms with Crippen LogP contribution in [0.1, 0.15) is 40.7 Å². The molecule has 0 spiro atoms. The van der Waals surface area contributed by atoms with Crippen molar-refractivity contribution in [3.8, 4) is 17.2 Å². The van der Waals surface area contributed by atoms with Gasteiger partial charge in [-0.15, -0.1) is 0 Å². The summed E-state index contributed by atoms with van der Waals surface area (Å²) in [4.78, 5) is 25.8. The highest BCUT2D eigenvalue weighted by Crippen LogP contribution is 2.37. The van der Waals surface area contributed by atoms with Crippen molar-refractivity contribution in [2.75, 3.05) is 7.11 Å². The number of fused-ring (bicyclic) bond motifs is 2. The van der Waals surface area contributed by atoms with Crippen molar-refractivity contribution in [3.63, 3.8) is 0 Å². The fraction of sp³-hybridized carbons (Fsp3) is 0.231. The first-order valence-electron chi connectivity index (χ1n) is 11.6. The van der Waals surface area contributed by atoms with E-state index < -0.39 is 23.8 Å². The molecule has 0 aliphatic carbocycles. The summed E-state index contributed by atoms with van der Waals surface area (Å²) >= 11 is 0. The molecule has 0 saturated carbocycles. The van der Waals surface area contributed by atoms with E-state index >= 15 is 0 Å². The maximum atomic E-state index is 13.3. The minimum absolute atomic E-state index is 0.0133. The highest BCUT2D eigenvalue weighted by Gasteiger charge is 2.33. The van der Waals surface area contributed by atoms with Gasteiger partial charge < -0.3 is 24.8 Å². The molecule has 0 saturated heterocycles. The zero-order valence-electron chi connectivity index (χ0n) is 20.6. The maximum absolute atomic E-state index is 13.3. The molecule has 9 nitrogen and oxygen atoms in total. The van der Waals surface area contributed by atoms with E-state index in [0.29, 0.717) is 16.8 Å². The van der Waals surface area contributed by atoms with E-state index in [9.17, 15) is 18.0 Å². The molecule has 1 amide bonds. The number of carbonyl (C=O) groups excluding carboxylic acids is 1. The lowest BCUT2D eigenvalue weighted by Crippen LogP contribution is -2.26. The Morgan fingerprint density at radius 1 is 1.13 bits per heavy atom. The second-order valence-corrected chi connectivity index (χ2v) is 8.68. The van der Waals surface area contributed by atoms with Gasteiger partial charge in [0.2, 0.25) is 5.89 Å². The number of halogens is 3. The van der Waals surface area contributed by atoms with Gasteiger partial charge in [-0.3, -0.25) is 4.79 Å². The smallest absolute Gasteiger partial charge is 0.433 e. The predicted molar refractivity (Wildman–Crippen MR) is 133 cm³/mol. The first kappa shape index (κ1) is 25.2. The Labute approximate surface area is 214 Å². The molecule has 0 aliphatic heterocycles. The van der Waals surface area contributed by atoms with Gasteiger partial charge in [-0.05, 0) is 43.3 Å². The minimum Gasteiger partial charge on any atom is -0.494 e. The average molecular weight is 525 g/mol. The van der Waals surface area contributed by atoms with Crippen molar-refractivity contribution in [2.24, 2.45) is 12.8 Å². The number of hydrogen-bond acceptors (Lipinski definition) is 7. The summed E-state index contributed by atoms with van der Waals surface area (Å²) in [7, 11) is 3.19. The van der Waals surface area contributed by atoms with E-state index in [1.807, 2.05) is 35.9 Å². The highest BCUT2D eigenvalue weighted by atomic mass is 19.4. The summed E-state index contributed by atoms with van der Waals surface area (Å²) < 4.78 is 52.9. The van der Waals surface area contributed by atoms with Gasteiger partial charge in [0.25, 0.3) is 5.91 Å². The number of benzene rings is 2. The number of rotatable bonds is 6. The zero-order chi connectivity index (χ0) is 27.2. The third kappa shape index (κ3) is 4.43. The fourth-order valence-electron chi connectivity index (χ4n) is 4.22. The van der Waals surface area contributed by atoms with Crippen LogP contribution < -0.4 is 15.8 Å². The normalized spacial score (nSPS) is 12.7. The van der Waals surface area contributed by atoms with E-state index in [4.69, 9.17) is 14.9 Å². The summed E-state index contributed by atoms with van der Waals surface area (Å²) in [6, 6.07) is 12.1. The van der Waals surface area contributed by atoms with E-state index in [1.165, 1.54) is 19.2 Å². The topological polar surface area (TPSA) is 121 Å². The number of nitrogens with two attached hydrogens (primary N) is 1. The molecule has 12 heteroatoms. The van der Waals surface area contributed by atoms with Crippen LogP contribution in [0.15, 0.2) is 52.9 Å². The number of nitrogens with one attached hydrogen (secondary N) is 1. The number of amides is 1. The molecule has 0 fully saturated rings. The van der Waals surface area contributed by atoms with Gasteiger partial charge in [0.1, 0.15) is 22.8 Å². The molecule has 0 bridgehead atoms. The standard InChI is InChI=1S/C26H23F3N6O3/c1-13(30)23-22(24(36)31-12-20-32-16-6-4-5-7-17(16)35(20)2)34-25(38-23)15-8-10-18(37-3)21-14(15)9-11-19(33-21)26(27,28)29/h4-11,13H,12,30H2,1-3H3,(H,31,36)/t13-/m0/s1. The number of imidazole rings is 1. The van der Waals surface area contributed by atoms with Crippen LogP contribution in [0.3, 0.4) is 0 Å². The van der Waals surface area contributed by atoms with Crippen molar-refractivity contribution in [1.29, 1.82) is 0 Å². The number of methoxy groups -OCH3 is 1. The first-order valence-corrected chi connectivity index (χ1v) is 11.6. The van der Waals surface area contributed by atoms with Crippen molar-refractivity contribution in [2.45, 2.75) is 25.7 Å². The van der Waals surface area contributed by atoms with Crippen molar-refractivity contribution >= 4 is 27.8 Å². The van der Waals surface area contributed by atoms with Gasteiger partial charge in [-0.1, -0.05) is 12.1 Å². The van der Waals surface area contributed by atoms with Crippen LogP contribution in [0.2, 0.25) is 0 Å². The number of aryl methyl sites for hydroxylation is 1. The van der Waals surface area contributed by atoms with E-state index in [-0.39, 0.29) is 35.2 Å². The Hall–Kier alpha value is -4.45. The van der Waals surface area contributed by atoms with Gasteiger partial charge in [0.05, 0.1) is 30.7 Å². The van der Waals surface area contributed by atoms with Gasteiger partial charge >= 0.3 is 6.18 Å². The van der Waals surface area contributed by atoms with Crippen molar-refractivity contribution in [1.82, 2.24) is 24.8 Å². The van der Waals surface area contributed by atoms with Crippen molar-refractivity contribution < 1.29 is 27.1 Å². The number of alkyl halides is 3. The summed E-state index contributed by atoms with van der Waals surface area (Å²) in [6.45, 7) is 1.76. The minimum atomic E-state index is -4.63. The molecule has 1 atom stereocenters. The highest BCUT2D eigenvalue weighted by molar-refractivity contribution is 5.98. The summed E-state index contributed by atoms with van der Waals surface area (Å²) in [5.41, 5.74) is 7.00. The Morgan fingerprint density at radius 2 is 1.89 bits per heavy atom. The molecule has 2 aromatic carbocycles. The van der Waals surface area contributed by atoms with Gasteiger partial charge in [0.15, 0.2) is 11.5 Å².